The van der Waals surface area contributed by atoms with Crippen molar-refractivity contribution >= 4 is 59.9 Å². The molecule has 0 aliphatic carbocycles. The molecule has 0 spiro atoms. The van der Waals surface area contributed by atoms with Gasteiger partial charge in [0.25, 0.3) is 0 Å². The Hall–Kier alpha value is -2.29. The van der Waals surface area contributed by atoms with Crippen molar-refractivity contribution in [2.75, 3.05) is 18.4 Å². The molecular formula is C20H18BrN5OS. The number of rotatable bonds is 4. The van der Waals surface area contributed by atoms with Crippen molar-refractivity contribution in [1.29, 1.82) is 0 Å². The topological polar surface area (TPSA) is 72.0 Å². The highest BCUT2D eigenvalue weighted by Crippen LogP contribution is 2.36. The Kier molecular flexibility index (Phi) is 4.84. The van der Waals surface area contributed by atoms with Crippen LogP contribution in [0.3, 0.4) is 0 Å². The van der Waals surface area contributed by atoms with Gasteiger partial charge in [-0.25, -0.2) is 15.0 Å². The van der Waals surface area contributed by atoms with Crippen LogP contribution < -0.4 is 15.4 Å². The Morgan fingerprint density at radius 3 is 3.00 bits per heavy atom. The number of aromatic nitrogens is 3. The number of hydrogen-bond acceptors (Lipinski definition) is 7. The quantitative estimate of drug-likeness (QED) is 0.456. The lowest BCUT2D eigenvalue weighted by Crippen LogP contribution is -2.37. The summed E-state index contributed by atoms with van der Waals surface area (Å²) in [5, 5.41) is 7.73. The summed E-state index contributed by atoms with van der Waals surface area (Å²) < 4.78 is 8.44. The van der Waals surface area contributed by atoms with Gasteiger partial charge in [-0.2, -0.15) is 0 Å². The minimum absolute atomic E-state index is 0.146. The van der Waals surface area contributed by atoms with Crippen molar-refractivity contribution < 1.29 is 4.74 Å². The van der Waals surface area contributed by atoms with Crippen molar-refractivity contribution in [2.45, 2.75) is 18.9 Å². The molecule has 28 heavy (non-hydrogen) atoms. The molecule has 0 unspecified atom stereocenters. The van der Waals surface area contributed by atoms with Crippen molar-refractivity contribution in [3.63, 3.8) is 0 Å². The number of nitrogens with zero attached hydrogens (tertiary/aromatic N) is 3. The molecule has 4 aromatic rings. The largest absolute Gasteiger partial charge is 0.488 e. The van der Waals surface area contributed by atoms with Gasteiger partial charge in [0.1, 0.15) is 24.0 Å². The van der Waals surface area contributed by atoms with Crippen LogP contribution in [0, 0.1) is 0 Å². The molecule has 0 amide bonds. The standard InChI is InChI=1S/C20H18BrN5OS/c21-12-6-16-19(17(7-12)27-14-2-1-5-22-9-14)20(24-10-23-16)26-13-3-4-15-18(8-13)28-11-25-15/h3-4,6-8,10-11,14,22H,1-2,5,9H2,(H,23,24,26)/t14-/m0/s1. The van der Waals surface area contributed by atoms with E-state index in [4.69, 9.17) is 4.74 Å². The number of halogens is 1. The first-order chi connectivity index (χ1) is 13.8. The summed E-state index contributed by atoms with van der Waals surface area (Å²) in [7, 11) is 0. The third-order valence-corrected chi connectivity index (χ3v) is 6.06. The zero-order valence-corrected chi connectivity index (χ0v) is 17.4. The minimum Gasteiger partial charge on any atom is -0.488 e. The summed E-state index contributed by atoms with van der Waals surface area (Å²) in [5.74, 6) is 1.53. The smallest absolute Gasteiger partial charge is 0.145 e. The number of piperidine rings is 1. The van der Waals surface area contributed by atoms with Gasteiger partial charge >= 0.3 is 0 Å². The molecule has 8 heteroatoms. The lowest BCUT2D eigenvalue weighted by atomic mass is 10.1. The summed E-state index contributed by atoms with van der Waals surface area (Å²) in [6, 6.07) is 10.1. The van der Waals surface area contributed by atoms with E-state index in [0.717, 1.165) is 68.8 Å². The predicted molar refractivity (Wildman–Crippen MR) is 117 cm³/mol. The van der Waals surface area contributed by atoms with Crippen LogP contribution in [-0.4, -0.2) is 34.1 Å². The van der Waals surface area contributed by atoms with Crippen molar-refractivity contribution in [3.05, 3.63) is 46.6 Å². The molecule has 5 rings (SSSR count). The van der Waals surface area contributed by atoms with Crippen LogP contribution in [0.1, 0.15) is 12.8 Å². The number of benzene rings is 2. The lowest BCUT2D eigenvalue weighted by molar-refractivity contribution is 0.169. The molecule has 0 saturated carbocycles. The van der Waals surface area contributed by atoms with Gasteiger partial charge in [0.2, 0.25) is 0 Å². The second kappa shape index (κ2) is 7.62. The van der Waals surface area contributed by atoms with Gasteiger partial charge in [-0.3, -0.25) is 0 Å². The normalized spacial score (nSPS) is 17.1. The second-order valence-corrected chi connectivity index (χ2v) is 8.57. The highest BCUT2D eigenvalue weighted by molar-refractivity contribution is 9.10. The zero-order chi connectivity index (χ0) is 18.9. The Labute approximate surface area is 174 Å². The van der Waals surface area contributed by atoms with Crippen LogP contribution in [0.4, 0.5) is 11.5 Å². The minimum atomic E-state index is 0.146. The summed E-state index contributed by atoms with van der Waals surface area (Å²) in [4.78, 5) is 13.3. The number of anilines is 2. The van der Waals surface area contributed by atoms with Gasteiger partial charge in [-0.1, -0.05) is 15.9 Å². The van der Waals surface area contributed by atoms with Crippen LogP contribution in [0.25, 0.3) is 21.1 Å². The van der Waals surface area contributed by atoms with Gasteiger partial charge in [0.05, 0.1) is 26.6 Å². The monoisotopic (exact) mass is 455 g/mol. The molecule has 1 atom stereocenters. The molecule has 1 aliphatic heterocycles. The van der Waals surface area contributed by atoms with Gasteiger partial charge in [-0.05, 0) is 49.7 Å². The molecule has 2 aromatic heterocycles. The average Bonchev–Trinajstić information content (AvgIpc) is 3.16. The number of hydrogen-bond donors (Lipinski definition) is 2. The van der Waals surface area contributed by atoms with Crippen molar-refractivity contribution in [2.24, 2.45) is 0 Å². The molecule has 0 radical (unpaired) electrons. The number of fused-ring (bicyclic) bond motifs is 2. The van der Waals surface area contributed by atoms with Gasteiger partial charge < -0.3 is 15.4 Å². The van der Waals surface area contributed by atoms with Gasteiger partial charge in [0.15, 0.2) is 0 Å². The summed E-state index contributed by atoms with van der Waals surface area (Å²) >= 11 is 5.20. The Bertz CT molecular complexity index is 1140. The fourth-order valence-corrected chi connectivity index (χ4v) is 4.62. The fraction of sp³-hybridized carbons (Fsp3) is 0.250. The van der Waals surface area contributed by atoms with Crippen molar-refractivity contribution in [1.82, 2.24) is 20.3 Å². The van der Waals surface area contributed by atoms with Crippen LogP contribution in [-0.2, 0) is 0 Å². The average molecular weight is 456 g/mol. The molecule has 142 valence electrons. The maximum atomic E-state index is 6.37. The molecule has 0 bridgehead atoms. The summed E-state index contributed by atoms with van der Waals surface area (Å²) in [5.41, 5.74) is 4.66. The lowest BCUT2D eigenvalue weighted by Gasteiger charge is -2.25. The second-order valence-electron chi connectivity index (χ2n) is 6.77. The first-order valence-electron chi connectivity index (χ1n) is 9.18. The third-order valence-electron chi connectivity index (χ3n) is 4.81. The van der Waals surface area contributed by atoms with Crippen LogP contribution in [0.2, 0.25) is 0 Å². The van der Waals surface area contributed by atoms with E-state index >= 15 is 0 Å². The van der Waals surface area contributed by atoms with E-state index in [1.165, 1.54) is 0 Å². The number of nitrogens with one attached hydrogen (secondary N) is 2. The van der Waals surface area contributed by atoms with E-state index in [2.05, 4.69) is 47.6 Å². The highest BCUT2D eigenvalue weighted by Gasteiger charge is 2.18. The Morgan fingerprint density at radius 2 is 2.11 bits per heavy atom. The summed E-state index contributed by atoms with van der Waals surface area (Å²) in [6.07, 6.45) is 3.88. The molecule has 2 N–H and O–H groups in total. The Balaban J connectivity index is 1.55. The van der Waals surface area contributed by atoms with E-state index in [0.29, 0.717) is 0 Å². The molecule has 6 nitrogen and oxygen atoms in total. The molecule has 1 fully saturated rings. The summed E-state index contributed by atoms with van der Waals surface area (Å²) in [6.45, 7) is 1.90. The van der Waals surface area contributed by atoms with Gasteiger partial charge in [0, 0.05) is 16.7 Å². The molecule has 2 aromatic carbocycles. The van der Waals surface area contributed by atoms with E-state index in [-0.39, 0.29) is 6.10 Å². The molecule has 1 saturated heterocycles. The highest BCUT2D eigenvalue weighted by atomic mass is 79.9. The van der Waals surface area contributed by atoms with Crippen LogP contribution in [0.15, 0.2) is 46.6 Å². The predicted octanol–water partition coefficient (Wildman–Crippen LogP) is 4.88. The molecular weight excluding hydrogens is 438 g/mol. The third kappa shape index (κ3) is 3.55. The SMILES string of the molecule is Brc1cc(O[C@H]2CCCNC2)c2c(Nc3ccc4ncsc4c3)ncnc2c1. The number of ether oxygens (including phenoxy) is 1. The van der Waals surface area contributed by atoms with E-state index in [9.17, 15) is 0 Å². The van der Waals surface area contributed by atoms with Crippen LogP contribution >= 0.6 is 27.3 Å². The Morgan fingerprint density at radius 1 is 1.14 bits per heavy atom. The van der Waals surface area contributed by atoms with E-state index < -0.39 is 0 Å². The zero-order valence-electron chi connectivity index (χ0n) is 15.0. The molecule has 3 heterocycles. The maximum absolute atomic E-state index is 6.37. The fourth-order valence-electron chi connectivity index (χ4n) is 3.48. The van der Waals surface area contributed by atoms with Crippen molar-refractivity contribution in [3.8, 4) is 5.75 Å². The van der Waals surface area contributed by atoms with Crippen LogP contribution in [0.5, 0.6) is 5.75 Å². The maximum Gasteiger partial charge on any atom is 0.145 e. The number of thiazole rings is 1. The van der Waals surface area contributed by atoms with E-state index in [1.54, 1.807) is 17.7 Å². The van der Waals surface area contributed by atoms with E-state index in [1.807, 2.05) is 29.8 Å². The molecule has 1 aliphatic rings. The first-order valence-corrected chi connectivity index (χ1v) is 10.9. The first kappa shape index (κ1) is 17.8. The van der Waals surface area contributed by atoms with Gasteiger partial charge in [-0.15, -0.1) is 11.3 Å².